The van der Waals surface area contributed by atoms with Crippen LogP contribution < -0.4 is 5.32 Å². The third-order valence-electron chi connectivity index (χ3n) is 3.56. The molecule has 0 spiro atoms. The summed E-state index contributed by atoms with van der Waals surface area (Å²) in [4.78, 5) is 4.63. The summed E-state index contributed by atoms with van der Waals surface area (Å²) in [5, 5.41) is 3.65. The van der Waals surface area contributed by atoms with Crippen LogP contribution in [-0.2, 0) is 11.2 Å². The molecule has 0 aromatic carbocycles. The van der Waals surface area contributed by atoms with Crippen LogP contribution in [0.5, 0.6) is 0 Å². The van der Waals surface area contributed by atoms with Crippen molar-refractivity contribution in [2.24, 2.45) is 5.92 Å². The summed E-state index contributed by atoms with van der Waals surface area (Å²) in [6.45, 7) is 8.50. The number of hydrogen-bond acceptors (Lipinski definition) is 3. The lowest BCUT2D eigenvalue weighted by molar-refractivity contribution is 0.169. The van der Waals surface area contributed by atoms with E-state index in [1.54, 1.807) is 7.11 Å². The second-order valence-electron chi connectivity index (χ2n) is 5.09. The number of nitrogens with one attached hydrogen (secondary N) is 1. The van der Waals surface area contributed by atoms with Gasteiger partial charge in [0, 0.05) is 19.9 Å². The van der Waals surface area contributed by atoms with Gasteiger partial charge < -0.3 is 10.1 Å². The SMILES string of the molecule is CCCNC(c1ncccc1CC)C(C)CCOC. The number of ether oxygens (including phenoxy) is 1. The quantitative estimate of drug-likeness (QED) is 0.742. The van der Waals surface area contributed by atoms with Gasteiger partial charge in [-0.15, -0.1) is 0 Å². The molecular weight excluding hydrogens is 236 g/mol. The largest absolute Gasteiger partial charge is 0.385 e. The number of rotatable bonds is 9. The van der Waals surface area contributed by atoms with Crippen molar-refractivity contribution in [3.63, 3.8) is 0 Å². The van der Waals surface area contributed by atoms with E-state index in [2.05, 4.69) is 37.1 Å². The van der Waals surface area contributed by atoms with E-state index >= 15 is 0 Å². The van der Waals surface area contributed by atoms with Crippen LogP contribution >= 0.6 is 0 Å². The first kappa shape index (κ1) is 16.1. The number of nitrogens with zero attached hydrogens (tertiary/aromatic N) is 1. The van der Waals surface area contributed by atoms with Crippen molar-refractivity contribution < 1.29 is 4.74 Å². The summed E-state index contributed by atoms with van der Waals surface area (Å²) >= 11 is 0. The number of pyridine rings is 1. The van der Waals surface area contributed by atoms with Crippen LogP contribution in [0.2, 0.25) is 0 Å². The molecule has 3 nitrogen and oxygen atoms in total. The van der Waals surface area contributed by atoms with E-state index in [-0.39, 0.29) is 0 Å². The Morgan fingerprint density at radius 2 is 2.16 bits per heavy atom. The second-order valence-corrected chi connectivity index (χ2v) is 5.09. The standard InChI is InChI=1S/C16H28N2O/c1-5-10-17-15(13(3)9-12-19-4)16-14(6-2)8-7-11-18-16/h7-8,11,13,15,17H,5-6,9-10,12H2,1-4H3. The van der Waals surface area contributed by atoms with Gasteiger partial charge in [0.15, 0.2) is 0 Å². The molecule has 1 heterocycles. The van der Waals surface area contributed by atoms with Gasteiger partial charge in [-0.3, -0.25) is 4.98 Å². The highest BCUT2D eigenvalue weighted by molar-refractivity contribution is 5.23. The molecule has 2 atom stereocenters. The molecule has 0 bridgehead atoms. The predicted molar refractivity (Wildman–Crippen MR) is 80.3 cm³/mol. The zero-order valence-electron chi connectivity index (χ0n) is 12.8. The van der Waals surface area contributed by atoms with Crippen LogP contribution in [0.15, 0.2) is 18.3 Å². The third kappa shape index (κ3) is 4.92. The zero-order valence-corrected chi connectivity index (χ0v) is 12.8. The van der Waals surface area contributed by atoms with E-state index in [1.807, 2.05) is 12.3 Å². The predicted octanol–water partition coefficient (Wildman–Crippen LogP) is 3.36. The van der Waals surface area contributed by atoms with Crippen LogP contribution in [-0.4, -0.2) is 25.2 Å². The second kappa shape index (κ2) is 9.05. The molecule has 0 aliphatic rings. The van der Waals surface area contributed by atoms with E-state index in [1.165, 1.54) is 11.3 Å². The minimum atomic E-state index is 0.325. The molecule has 0 aliphatic heterocycles. The first-order valence-corrected chi connectivity index (χ1v) is 7.40. The summed E-state index contributed by atoms with van der Waals surface area (Å²) in [7, 11) is 1.76. The molecule has 0 fully saturated rings. The van der Waals surface area contributed by atoms with Crippen LogP contribution in [0.3, 0.4) is 0 Å². The van der Waals surface area contributed by atoms with Gasteiger partial charge in [-0.1, -0.05) is 26.8 Å². The van der Waals surface area contributed by atoms with Crippen molar-refractivity contribution >= 4 is 0 Å². The summed E-state index contributed by atoms with van der Waals surface area (Å²) in [5.74, 6) is 0.520. The van der Waals surface area contributed by atoms with Gasteiger partial charge in [0.1, 0.15) is 0 Å². The summed E-state index contributed by atoms with van der Waals surface area (Å²) in [6, 6.07) is 4.54. The van der Waals surface area contributed by atoms with Crippen LogP contribution in [0.1, 0.15) is 50.9 Å². The highest BCUT2D eigenvalue weighted by Gasteiger charge is 2.21. The Kier molecular flexibility index (Phi) is 7.68. The average Bonchev–Trinajstić information content (AvgIpc) is 2.45. The van der Waals surface area contributed by atoms with Gasteiger partial charge in [-0.25, -0.2) is 0 Å². The van der Waals surface area contributed by atoms with Gasteiger partial charge in [0.25, 0.3) is 0 Å². The Labute approximate surface area is 117 Å². The molecule has 1 aromatic rings. The number of hydrogen-bond donors (Lipinski definition) is 1. The van der Waals surface area contributed by atoms with E-state index in [0.717, 1.165) is 32.4 Å². The minimum Gasteiger partial charge on any atom is -0.385 e. The van der Waals surface area contributed by atoms with Crippen molar-refractivity contribution in [1.82, 2.24) is 10.3 Å². The Hall–Kier alpha value is -0.930. The highest BCUT2D eigenvalue weighted by atomic mass is 16.5. The molecule has 0 amide bonds. The van der Waals surface area contributed by atoms with Gasteiger partial charge in [-0.2, -0.15) is 0 Å². The first-order chi connectivity index (χ1) is 9.24. The maximum Gasteiger partial charge on any atom is 0.0607 e. The van der Waals surface area contributed by atoms with E-state index in [9.17, 15) is 0 Å². The molecule has 0 saturated heterocycles. The van der Waals surface area contributed by atoms with E-state index < -0.39 is 0 Å². The maximum absolute atomic E-state index is 5.21. The van der Waals surface area contributed by atoms with Gasteiger partial charge in [0.05, 0.1) is 11.7 Å². The first-order valence-electron chi connectivity index (χ1n) is 7.40. The van der Waals surface area contributed by atoms with Gasteiger partial charge in [-0.05, 0) is 43.4 Å². The molecule has 2 unspecified atom stereocenters. The third-order valence-corrected chi connectivity index (χ3v) is 3.56. The lowest BCUT2D eigenvalue weighted by Crippen LogP contribution is -2.30. The van der Waals surface area contributed by atoms with Crippen molar-refractivity contribution in [3.8, 4) is 0 Å². The summed E-state index contributed by atoms with van der Waals surface area (Å²) in [6.07, 6.45) is 5.13. The van der Waals surface area contributed by atoms with E-state index in [0.29, 0.717) is 12.0 Å². The molecule has 0 saturated carbocycles. The van der Waals surface area contributed by atoms with Crippen LogP contribution in [0.25, 0.3) is 0 Å². The fraction of sp³-hybridized carbons (Fsp3) is 0.688. The van der Waals surface area contributed by atoms with Crippen LogP contribution in [0.4, 0.5) is 0 Å². The molecule has 0 aliphatic carbocycles. The molecular formula is C16H28N2O. The Morgan fingerprint density at radius 3 is 2.79 bits per heavy atom. The molecule has 1 N–H and O–H groups in total. The van der Waals surface area contributed by atoms with Crippen molar-refractivity contribution in [2.45, 2.75) is 46.1 Å². The van der Waals surface area contributed by atoms with Crippen LogP contribution in [0, 0.1) is 5.92 Å². The lowest BCUT2D eigenvalue weighted by atomic mass is 9.92. The van der Waals surface area contributed by atoms with E-state index in [4.69, 9.17) is 4.74 Å². The molecule has 3 heteroatoms. The maximum atomic E-state index is 5.21. The lowest BCUT2D eigenvalue weighted by Gasteiger charge is -2.26. The van der Waals surface area contributed by atoms with Gasteiger partial charge >= 0.3 is 0 Å². The molecule has 1 aromatic heterocycles. The fourth-order valence-corrected chi connectivity index (χ4v) is 2.37. The topological polar surface area (TPSA) is 34.2 Å². The number of methoxy groups -OCH3 is 1. The molecule has 0 radical (unpaired) electrons. The Bertz CT molecular complexity index is 354. The zero-order chi connectivity index (χ0) is 14.1. The molecule has 1 rings (SSSR count). The minimum absolute atomic E-state index is 0.325. The molecule has 19 heavy (non-hydrogen) atoms. The Balaban J connectivity index is 2.88. The smallest absolute Gasteiger partial charge is 0.0607 e. The van der Waals surface area contributed by atoms with Gasteiger partial charge in [0.2, 0.25) is 0 Å². The highest BCUT2D eigenvalue weighted by Crippen LogP contribution is 2.26. The Morgan fingerprint density at radius 1 is 1.37 bits per heavy atom. The van der Waals surface area contributed by atoms with Crippen molar-refractivity contribution in [2.75, 3.05) is 20.3 Å². The fourth-order valence-electron chi connectivity index (χ4n) is 2.37. The van der Waals surface area contributed by atoms with Crippen molar-refractivity contribution in [3.05, 3.63) is 29.6 Å². The monoisotopic (exact) mass is 264 g/mol. The normalized spacial score (nSPS) is 14.3. The van der Waals surface area contributed by atoms with Crippen molar-refractivity contribution in [1.29, 1.82) is 0 Å². The number of aromatic nitrogens is 1. The summed E-state index contributed by atoms with van der Waals surface area (Å²) < 4.78 is 5.21. The average molecular weight is 264 g/mol. The summed E-state index contributed by atoms with van der Waals surface area (Å²) in [5.41, 5.74) is 2.56. The number of aryl methyl sites for hydroxylation is 1. The molecule has 108 valence electrons.